The van der Waals surface area contributed by atoms with Gasteiger partial charge in [0.2, 0.25) is 5.88 Å². The molecule has 3 rings (SSSR count). The average Bonchev–Trinajstić information content (AvgIpc) is 3.24. The highest BCUT2D eigenvalue weighted by Crippen LogP contribution is 2.22. The Labute approximate surface area is 139 Å². The molecule has 0 saturated heterocycles. The van der Waals surface area contributed by atoms with Crippen LogP contribution >= 0.6 is 0 Å². The van der Waals surface area contributed by atoms with E-state index >= 15 is 0 Å². The van der Waals surface area contributed by atoms with E-state index in [4.69, 9.17) is 9.15 Å². The maximum absolute atomic E-state index is 11.9. The second kappa shape index (κ2) is 6.57. The fourth-order valence-electron chi connectivity index (χ4n) is 2.32. The largest absolute Gasteiger partial charge is 0.481 e. The number of hydrogen-bond donors (Lipinski definition) is 0. The Morgan fingerprint density at radius 2 is 2.08 bits per heavy atom. The molecule has 0 aliphatic heterocycles. The number of amides is 1. The number of imidazole rings is 1. The van der Waals surface area contributed by atoms with Gasteiger partial charge in [0.05, 0.1) is 13.7 Å². The van der Waals surface area contributed by atoms with Gasteiger partial charge in [0.1, 0.15) is 11.6 Å². The second-order valence-electron chi connectivity index (χ2n) is 5.43. The third-order valence-electron chi connectivity index (χ3n) is 3.52. The number of methoxy groups -OCH3 is 1. The molecule has 0 radical (unpaired) electrons. The van der Waals surface area contributed by atoms with Gasteiger partial charge in [-0.1, -0.05) is 0 Å². The van der Waals surface area contributed by atoms with Gasteiger partial charge in [-0.3, -0.25) is 4.79 Å². The zero-order valence-electron chi connectivity index (χ0n) is 13.8. The van der Waals surface area contributed by atoms with Gasteiger partial charge in [-0.05, 0) is 18.2 Å². The second-order valence-corrected chi connectivity index (χ2v) is 5.43. The lowest BCUT2D eigenvalue weighted by atomic mass is 10.2. The number of carbonyl (C=O) groups is 1. The van der Waals surface area contributed by atoms with Crippen molar-refractivity contribution in [2.75, 3.05) is 21.2 Å². The maximum Gasteiger partial charge on any atom is 0.289 e. The van der Waals surface area contributed by atoms with Crippen LogP contribution < -0.4 is 4.74 Å². The molecule has 0 bridgehead atoms. The van der Waals surface area contributed by atoms with Crippen molar-refractivity contribution in [3.63, 3.8) is 0 Å². The van der Waals surface area contributed by atoms with Crippen molar-refractivity contribution < 1.29 is 13.9 Å². The van der Waals surface area contributed by atoms with Crippen LogP contribution in [0.4, 0.5) is 0 Å². The molecule has 124 valence electrons. The lowest BCUT2D eigenvalue weighted by molar-refractivity contribution is 0.0794. The molecule has 0 atom stereocenters. The normalized spacial score (nSPS) is 10.6. The molecular formula is C17H18N4O3. The molecule has 7 nitrogen and oxygen atoms in total. The summed E-state index contributed by atoms with van der Waals surface area (Å²) in [5, 5.41) is 0. The molecule has 3 heterocycles. The van der Waals surface area contributed by atoms with Crippen molar-refractivity contribution in [2.45, 2.75) is 6.54 Å². The summed E-state index contributed by atoms with van der Waals surface area (Å²) < 4.78 is 12.7. The van der Waals surface area contributed by atoms with E-state index in [1.165, 1.54) is 4.90 Å². The molecule has 0 saturated carbocycles. The van der Waals surface area contributed by atoms with E-state index in [1.807, 2.05) is 22.9 Å². The molecule has 1 amide bonds. The molecule has 24 heavy (non-hydrogen) atoms. The number of furan rings is 1. The third kappa shape index (κ3) is 3.15. The quantitative estimate of drug-likeness (QED) is 0.719. The van der Waals surface area contributed by atoms with Crippen LogP contribution in [0.3, 0.4) is 0 Å². The maximum atomic E-state index is 11.9. The number of nitrogens with zero attached hydrogens (tertiary/aromatic N) is 4. The van der Waals surface area contributed by atoms with Gasteiger partial charge >= 0.3 is 0 Å². The summed E-state index contributed by atoms with van der Waals surface area (Å²) in [5.41, 5.74) is 0.892. The fourth-order valence-corrected chi connectivity index (χ4v) is 2.32. The molecule has 0 N–H and O–H groups in total. The van der Waals surface area contributed by atoms with Crippen LogP contribution in [0.5, 0.6) is 5.88 Å². The van der Waals surface area contributed by atoms with Gasteiger partial charge in [-0.25, -0.2) is 9.97 Å². The Hall–Kier alpha value is -3.09. The van der Waals surface area contributed by atoms with Gasteiger partial charge in [-0.15, -0.1) is 0 Å². The van der Waals surface area contributed by atoms with Gasteiger partial charge in [-0.2, -0.15) is 0 Å². The van der Waals surface area contributed by atoms with E-state index in [9.17, 15) is 4.79 Å². The van der Waals surface area contributed by atoms with Crippen LogP contribution in [0, 0.1) is 0 Å². The molecule has 0 spiro atoms. The molecule has 7 heteroatoms. The van der Waals surface area contributed by atoms with E-state index < -0.39 is 0 Å². The molecular weight excluding hydrogens is 308 g/mol. The van der Waals surface area contributed by atoms with Gasteiger partial charge in [0, 0.05) is 44.3 Å². The standard InChI is InChI=1S/C17H18N4O3/c1-20(2)17(22)14-5-4-13(24-14)11-21-9-8-19-16(21)12-6-7-18-15(10-12)23-3/h4-10H,11H2,1-3H3. The number of carbonyl (C=O) groups excluding carboxylic acids is 1. The van der Waals surface area contributed by atoms with Crippen molar-refractivity contribution in [1.82, 2.24) is 19.4 Å². The molecule has 3 aromatic rings. The highest BCUT2D eigenvalue weighted by Gasteiger charge is 2.14. The Balaban J connectivity index is 1.85. The number of ether oxygens (including phenoxy) is 1. The van der Waals surface area contributed by atoms with Gasteiger partial charge < -0.3 is 18.6 Å². The molecule has 0 aromatic carbocycles. The van der Waals surface area contributed by atoms with E-state index in [1.54, 1.807) is 45.7 Å². The first kappa shape index (κ1) is 15.8. The third-order valence-corrected chi connectivity index (χ3v) is 3.52. The minimum absolute atomic E-state index is 0.161. The Morgan fingerprint density at radius 1 is 1.25 bits per heavy atom. The summed E-state index contributed by atoms with van der Waals surface area (Å²) >= 11 is 0. The van der Waals surface area contributed by atoms with Crippen LogP contribution in [0.15, 0.2) is 47.3 Å². The fraction of sp³-hybridized carbons (Fsp3) is 0.235. The van der Waals surface area contributed by atoms with Gasteiger partial charge in [0.15, 0.2) is 5.76 Å². The number of aromatic nitrogens is 3. The summed E-state index contributed by atoms with van der Waals surface area (Å²) in [4.78, 5) is 21.9. The molecule has 0 fully saturated rings. The summed E-state index contributed by atoms with van der Waals surface area (Å²) in [5.74, 6) is 2.14. The first-order chi connectivity index (χ1) is 11.6. The van der Waals surface area contributed by atoms with Crippen LogP contribution in [0.1, 0.15) is 16.3 Å². The summed E-state index contributed by atoms with van der Waals surface area (Å²) in [7, 11) is 4.95. The van der Waals surface area contributed by atoms with E-state index in [0.717, 1.165) is 11.4 Å². The van der Waals surface area contributed by atoms with Crippen LogP contribution in [-0.2, 0) is 6.54 Å². The molecule has 3 aromatic heterocycles. The van der Waals surface area contributed by atoms with Crippen LogP contribution in [-0.4, -0.2) is 46.5 Å². The highest BCUT2D eigenvalue weighted by molar-refractivity contribution is 5.91. The van der Waals surface area contributed by atoms with Crippen LogP contribution in [0.2, 0.25) is 0 Å². The Bertz CT molecular complexity index is 851. The number of rotatable bonds is 5. The summed E-state index contributed by atoms with van der Waals surface area (Å²) in [6, 6.07) is 7.17. The predicted octanol–water partition coefficient (Wildman–Crippen LogP) is 2.30. The minimum Gasteiger partial charge on any atom is -0.481 e. The van der Waals surface area contributed by atoms with Crippen molar-refractivity contribution in [3.8, 4) is 17.3 Å². The first-order valence-electron chi connectivity index (χ1n) is 7.40. The lowest BCUT2D eigenvalue weighted by Gasteiger charge is -2.08. The smallest absolute Gasteiger partial charge is 0.289 e. The monoisotopic (exact) mass is 326 g/mol. The van der Waals surface area contributed by atoms with Crippen molar-refractivity contribution in [1.29, 1.82) is 0 Å². The van der Waals surface area contributed by atoms with E-state index in [0.29, 0.717) is 23.9 Å². The summed E-state index contributed by atoms with van der Waals surface area (Å²) in [6.45, 7) is 0.473. The number of hydrogen-bond acceptors (Lipinski definition) is 5. The van der Waals surface area contributed by atoms with Crippen molar-refractivity contribution in [2.24, 2.45) is 0 Å². The summed E-state index contributed by atoms with van der Waals surface area (Å²) in [6.07, 6.45) is 5.25. The van der Waals surface area contributed by atoms with Crippen LogP contribution in [0.25, 0.3) is 11.4 Å². The minimum atomic E-state index is -0.161. The first-order valence-corrected chi connectivity index (χ1v) is 7.40. The van der Waals surface area contributed by atoms with Crippen molar-refractivity contribution in [3.05, 3.63) is 54.4 Å². The molecule has 0 aliphatic rings. The van der Waals surface area contributed by atoms with Crippen molar-refractivity contribution >= 4 is 5.91 Å². The highest BCUT2D eigenvalue weighted by atomic mass is 16.5. The molecule has 0 aliphatic carbocycles. The lowest BCUT2D eigenvalue weighted by Crippen LogP contribution is -2.20. The Kier molecular flexibility index (Phi) is 4.33. The zero-order chi connectivity index (χ0) is 17.1. The van der Waals surface area contributed by atoms with E-state index in [2.05, 4.69) is 9.97 Å². The van der Waals surface area contributed by atoms with Gasteiger partial charge in [0.25, 0.3) is 5.91 Å². The Morgan fingerprint density at radius 3 is 2.83 bits per heavy atom. The SMILES string of the molecule is COc1cc(-c2nccn2Cc2ccc(C(=O)N(C)C)o2)ccn1. The predicted molar refractivity (Wildman–Crippen MR) is 87.8 cm³/mol. The molecule has 0 unspecified atom stereocenters. The number of pyridine rings is 1. The zero-order valence-corrected chi connectivity index (χ0v) is 13.8. The average molecular weight is 326 g/mol. The topological polar surface area (TPSA) is 73.4 Å². The van der Waals surface area contributed by atoms with E-state index in [-0.39, 0.29) is 5.91 Å².